The second-order valence-electron chi connectivity index (χ2n) is 5.55. The largest absolute Gasteiger partial charge is 0.416 e. The number of ether oxygens (including phenoxy) is 1. The van der Waals surface area contributed by atoms with Gasteiger partial charge >= 0.3 is 18.0 Å². The number of aliphatic hydroxyl groups is 1. The maximum absolute atomic E-state index is 12.6. The molecule has 1 heterocycles. The van der Waals surface area contributed by atoms with Gasteiger partial charge in [0.05, 0.1) is 11.2 Å². The molecule has 0 aliphatic carbocycles. The standard InChI is InChI=1S/C15H17F3N2O4/c16-15(17,18)10-2-1-3-11(8-10)20-13(22)12(21)19-9-14(23)4-6-24-7-5-14/h1-3,8,23H,4-7,9H2,(H,19,21)(H,20,22). The Bertz CT molecular complexity index is 613. The number of alkyl halides is 3. The van der Waals surface area contributed by atoms with Crippen LogP contribution < -0.4 is 10.6 Å². The summed E-state index contributed by atoms with van der Waals surface area (Å²) in [4.78, 5) is 23.5. The van der Waals surface area contributed by atoms with Crippen LogP contribution in [0, 0.1) is 0 Å². The Morgan fingerprint density at radius 2 is 1.88 bits per heavy atom. The molecule has 1 aromatic carbocycles. The van der Waals surface area contributed by atoms with E-state index in [0.717, 1.165) is 18.2 Å². The fraction of sp³-hybridized carbons (Fsp3) is 0.467. The summed E-state index contributed by atoms with van der Waals surface area (Å²) in [6, 6.07) is 3.96. The second-order valence-corrected chi connectivity index (χ2v) is 5.55. The van der Waals surface area contributed by atoms with Gasteiger partial charge in [-0.1, -0.05) is 6.07 Å². The van der Waals surface area contributed by atoms with E-state index in [2.05, 4.69) is 10.6 Å². The van der Waals surface area contributed by atoms with Crippen molar-refractivity contribution in [3.63, 3.8) is 0 Å². The molecule has 0 spiro atoms. The normalized spacial score (nSPS) is 17.2. The Labute approximate surface area is 136 Å². The Kier molecular flexibility index (Phi) is 5.45. The van der Waals surface area contributed by atoms with Gasteiger partial charge in [0.25, 0.3) is 0 Å². The third-order valence-corrected chi connectivity index (χ3v) is 3.66. The van der Waals surface area contributed by atoms with E-state index in [-0.39, 0.29) is 12.2 Å². The van der Waals surface area contributed by atoms with Crippen molar-refractivity contribution >= 4 is 17.5 Å². The molecule has 0 atom stereocenters. The molecule has 0 saturated carbocycles. The summed E-state index contributed by atoms with van der Waals surface area (Å²) in [6.07, 6.45) is -3.90. The van der Waals surface area contributed by atoms with E-state index < -0.39 is 29.2 Å². The van der Waals surface area contributed by atoms with Crippen molar-refractivity contribution < 1.29 is 32.6 Å². The van der Waals surface area contributed by atoms with Crippen LogP contribution in [-0.2, 0) is 20.5 Å². The Morgan fingerprint density at radius 1 is 1.21 bits per heavy atom. The number of hydrogen-bond acceptors (Lipinski definition) is 4. The number of halogens is 3. The summed E-state index contributed by atoms with van der Waals surface area (Å²) in [6.45, 7) is 0.566. The summed E-state index contributed by atoms with van der Waals surface area (Å²) in [5, 5.41) is 14.5. The van der Waals surface area contributed by atoms with Gasteiger partial charge in [0.2, 0.25) is 0 Å². The lowest BCUT2D eigenvalue weighted by Crippen LogP contribution is -2.48. The monoisotopic (exact) mass is 346 g/mol. The van der Waals surface area contributed by atoms with Gasteiger partial charge in [0.15, 0.2) is 0 Å². The van der Waals surface area contributed by atoms with Crippen molar-refractivity contribution in [2.24, 2.45) is 0 Å². The first-order valence-corrected chi connectivity index (χ1v) is 7.26. The average molecular weight is 346 g/mol. The number of carbonyl (C=O) groups excluding carboxylic acids is 2. The number of rotatable bonds is 3. The first kappa shape index (κ1) is 18.2. The molecule has 6 nitrogen and oxygen atoms in total. The van der Waals surface area contributed by atoms with Gasteiger partial charge in [0, 0.05) is 38.3 Å². The number of carbonyl (C=O) groups is 2. The first-order valence-electron chi connectivity index (χ1n) is 7.26. The molecule has 1 fully saturated rings. The number of hydrogen-bond donors (Lipinski definition) is 3. The molecule has 1 aromatic rings. The van der Waals surface area contributed by atoms with Crippen LogP contribution in [0.5, 0.6) is 0 Å². The van der Waals surface area contributed by atoms with E-state index in [0.29, 0.717) is 26.1 Å². The minimum atomic E-state index is -4.55. The van der Waals surface area contributed by atoms with Crippen molar-refractivity contribution in [2.45, 2.75) is 24.6 Å². The summed E-state index contributed by atoms with van der Waals surface area (Å²) < 4.78 is 42.9. The fourth-order valence-corrected chi connectivity index (χ4v) is 2.21. The van der Waals surface area contributed by atoms with E-state index in [1.165, 1.54) is 6.07 Å². The van der Waals surface area contributed by atoms with Gasteiger partial charge in [-0.2, -0.15) is 13.2 Å². The van der Waals surface area contributed by atoms with Crippen molar-refractivity contribution in [3.05, 3.63) is 29.8 Å². The summed E-state index contributed by atoms with van der Waals surface area (Å²) in [5.74, 6) is -2.14. The molecular formula is C15H17F3N2O4. The summed E-state index contributed by atoms with van der Waals surface area (Å²) in [5.41, 5.74) is -2.23. The highest BCUT2D eigenvalue weighted by Gasteiger charge is 2.32. The van der Waals surface area contributed by atoms with Crippen LogP contribution in [0.3, 0.4) is 0 Å². The van der Waals surface area contributed by atoms with Crippen molar-refractivity contribution in [3.8, 4) is 0 Å². The first-order chi connectivity index (χ1) is 11.2. The van der Waals surface area contributed by atoms with E-state index in [1.54, 1.807) is 0 Å². The lowest BCUT2D eigenvalue weighted by atomic mass is 9.94. The fourth-order valence-electron chi connectivity index (χ4n) is 2.21. The third-order valence-electron chi connectivity index (χ3n) is 3.66. The SMILES string of the molecule is O=C(NCC1(O)CCOCC1)C(=O)Nc1cccc(C(F)(F)F)c1. The quantitative estimate of drug-likeness (QED) is 0.720. The molecule has 9 heteroatoms. The van der Waals surface area contributed by atoms with E-state index in [1.807, 2.05) is 0 Å². The van der Waals surface area contributed by atoms with Gasteiger partial charge in [-0.05, 0) is 18.2 Å². The molecule has 132 valence electrons. The smallest absolute Gasteiger partial charge is 0.388 e. The topological polar surface area (TPSA) is 87.7 Å². The highest BCUT2D eigenvalue weighted by Crippen LogP contribution is 2.30. The van der Waals surface area contributed by atoms with Gasteiger partial charge in [-0.25, -0.2) is 0 Å². The van der Waals surface area contributed by atoms with Gasteiger partial charge in [0.1, 0.15) is 0 Å². The molecule has 0 radical (unpaired) electrons. The predicted octanol–water partition coefficient (Wildman–Crippen LogP) is 1.30. The average Bonchev–Trinajstić information content (AvgIpc) is 2.53. The summed E-state index contributed by atoms with van der Waals surface area (Å²) >= 11 is 0. The van der Waals surface area contributed by atoms with Gasteiger partial charge < -0.3 is 20.5 Å². The molecule has 0 aromatic heterocycles. The van der Waals surface area contributed by atoms with Crippen molar-refractivity contribution in [1.82, 2.24) is 5.32 Å². The molecule has 1 saturated heterocycles. The number of amides is 2. The molecule has 2 rings (SSSR count). The molecule has 0 unspecified atom stereocenters. The maximum atomic E-state index is 12.6. The molecule has 3 N–H and O–H groups in total. The predicted molar refractivity (Wildman–Crippen MR) is 78.1 cm³/mol. The highest BCUT2D eigenvalue weighted by atomic mass is 19.4. The number of nitrogens with one attached hydrogen (secondary N) is 2. The minimum absolute atomic E-state index is 0.134. The van der Waals surface area contributed by atoms with Gasteiger partial charge in [-0.3, -0.25) is 9.59 Å². The molecule has 1 aliphatic rings. The lowest BCUT2D eigenvalue weighted by molar-refractivity contribution is -0.138. The molecule has 2 amide bonds. The Morgan fingerprint density at radius 3 is 2.50 bits per heavy atom. The third kappa shape index (κ3) is 4.93. The molecule has 24 heavy (non-hydrogen) atoms. The zero-order valence-corrected chi connectivity index (χ0v) is 12.7. The van der Waals surface area contributed by atoms with Gasteiger partial charge in [-0.15, -0.1) is 0 Å². The zero-order chi connectivity index (χ0) is 17.8. The van der Waals surface area contributed by atoms with Crippen LogP contribution in [0.4, 0.5) is 18.9 Å². The van der Waals surface area contributed by atoms with Crippen LogP contribution >= 0.6 is 0 Å². The van der Waals surface area contributed by atoms with E-state index in [4.69, 9.17) is 4.74 Å². The Hall–Kier alpha value is -2.13. The Balaban J connectivity index is 1.91. The maximum Gasteiger partial charge on any atom is 0.416 e. The summed E-state index contributed by atoms with van der Waals surface area (Å²) in [7, 11) is 0. The molecule has 1 aliphatic heterocycles. The number of benzene rings is 1. The van der Waals surface area contributed by atoms with Crippen LogP contribution in [0.1, 0.15) is 18.4 Å². The van der Waals surface area contributed by atoms with Crippen LogP contribution in [0.25, 0.3) is 0 Å². The molecule has 0 bridgehead atoms. The number of anilines is 1. The van der Waals surface area contributed by atoms with E-state index in [9.17, 15) is 27.9 Å². The lowest BCUT2D eigenvalue weighted by Gasteiger charge is -2.31. The molecular weight excluding hydrogens is 329 g/mol. The van der Waals surface area contributed by atoms with Crippen LogP contribution in [-0.4, -0.2) is 42.3 Å². The highest BCUT2D eigenvalue weighted by molar-refractivity contribution is 6.39. The van der Waals surface area contributed by atoms with Crippen molar-refractivity contribution in [2.75, 3.05) is 25.1 Å². The van der Waals surface area contributed by atoms with Crippen molar-refractivity contribution in [1.29, 1.82) is 0 Å². The minimum Gasteiger partial charge on any atom is -0.388 e. The second kappa shape index (κ2) is 7.18. The van der Waals surface area contributed by atoms with E-state index >= 15 is 0 Å². The van der Waals surface area contributed by atoms with Crippen LogP contribution in [0.2, 0.25) is 0 Å². The zero-order valence-electron chi connectivity index (χ0n) is 12.7. The van der Waals surface area contributed by atoms with Crippen LogP contribution in [0.15, 0.2) is 24.3 Å².